The molecule has 0 aromatic heterocycles. The average molecular weight is 1000 g/mol. The van der Waals surface area contributed by atoms with Crippen LogP contribution in [0.3, 0.4) is 0 Å². The lowest BCUT2D eigenvalue weighted by Gasteiger charge is -2.40. The lowest BCUT2D eigenvalue weighted by molar-refractivity contribution is -0.302. The van der Waals surface area contributed by atoms with Crippen LogP contribution in [0, 0.1) is 0 Å². The van der Waals surface area contributed by atoms with Crippen molar-refractivity contribution < 1.29 is 39.8 Å². The second-order valence-corrected chi connectivity index (χ2v) is 21.1. The fraction of sp³-hybridized carbons (Fsp3) is 0.855. The van der Waals surface area contributed by atoms with Gasteiger partial charge < -0.3 is 40.3 Å². The molecule has 9 nitrogen and oxygen atoms in total. The summed E-state index contributed by atoms with van der Waals surface area (Å²) in [6.07, 6.45) is 61.9. The zero-order valence-electron chi connectivity index (χ0n) is 46.2. The van der Waals surface area contributed by atoms with E-state index in [0.29, 0.717) is 6.42 Å². The molecule has 71 heavy (non-hydrogen) atoms. The molecule has 6 N–H and O–H groups in total. The van der Waals surface area contributed by atoms with Crippen molar-refractivity contribution in [2.24, 2.45) is 0 Å². The third kappa shape index (κ3) is 41.1. The Morgan fingerprint density at radius 3 is 1.18 bits per heavy atom. The van der Waals surface area contributed by atoms with Crippen LogP contribution in [0.25, 0.3) is 0 Å². The van der Waals surface area contributed by atoms with E-state index in [1.54, 1.807) is 6.08 Å². The lowest BCUT2D eigenvalue weighted by Crippen LogP contribution is -2.60. The monoisotopic (exact) mass is 1000 g/mol. The fourth-order valence-electron chi connectivity index (χ4n) is 9.54. The van der Waals surface area contributed by atoms with Gasteiger partial charge in [-0.1, -0.05) is 255 Å². The van der Waals surface area contributed by atoms with Crippen LogP contribution in [0.15, 0.2) is 48.6 Å². The van der Waals surface area contributed by atoms with Crippen molar-refractivity contribution in [2.75, 3.05) is 13.2 Å². The van der Waals surface area contributed by atoms with Gasteiger partial charge in [0.05, 0.1) is 25.4 Å². The number of hydrogen-bond donors (Lipinski definition) is 6. The third-order valence-electron chi connectivity index (χ3n) is 14.4. The highest BCUT2D eigenvalue weighted by molar-refractivity contribution is 5.76. The first-order valence-electron chi connectivity index (χ1n) is 30.4. The molecule has 416 valence electrons. The molecule has 1 heterocycles. The van der Waals surface area contributed by atoms with Crippen LogP contribution < -0.4 is 5.32 Å². The van der Waals surface area contributed by atoms with Gasteiger partial charge in [-0.2, -0.15) is 0 Å². The summed E-state index contributed by atoms with van der Waals surface area (Å²) in [6, 6.07) is -0.829. The highest BCUT2D eigenvalue weighted by Gasteiger charge is 2.44. The van der Waals surface area contributed by atoms with Crippen LogP contribution in [-0.4, -0.2) is 87.5 Å². The van der Waals surface area contributed by atoms with E-state index in [9.17, 15) is 30.3 Å². The molecule has 9 heteroatoms. The highest BCUT2D eigenvalue weighted by atomic mass is 16.7. The smallest absolute Gasteiger partial charge is 0.220 e. The van der Waals surface area contributed by atoms with Crippen molar-refractivity contribution in [3.63, 3.8) is 0 Å². The van der Waals surface area contributed by atoms with E-state index in [4.69, 9.17) is 9.47 Å². The molecule has 1 fully saturated rings. The number of carbonyl (C=O) groups is 1. The molecule has 0 saturated carbocycles. The van der Waals surface area contributed by atoms with E-state index >= 15 is 0 Å². The maximum absolute atomic E-state index is 13.1. The van der Waals surface area contributed by atoms with Crippen LogP contribution >= 0.6 is 0 Å². The number of ether oxygens (including phenoxy) is 2. The van der Waals surface area contributed by atoms with Crippen LogP contribution in [-0.2, 0) is 14.3 Å². The summed E-state index contributed by atoms with van der Waals surface area (Å²) in [7, 11) is 0. The third-order valence-corrected chi connectivity index (χ3v) is 14.4. The zero-order valence-corrected chi connectivity index (χ0v) is 46.2. The molecule has 0 radical (unpaired) electrons. The molecule has 0 aromatic carbocycles. The first kappa shape index (κ1) is 67.2. The van der Waals surface area contributed by atoms with Gasteiger partial charge in [-0.05, 0) is 70.6 Å². The van der Waals surface area contributed by atoms with Crippen molar-refractivity contribution in [3.8, 4) is 0 Å². The van der Waals surface area contributed by atoms with Crippen LogP contribution in [0.1, 0.15) is 284 Å². The lowest BCUT2D eigenvalue weighted by atomic mass is 9.99. The van der Waals surface area contributed by atoms with E-state index in [-0.39, 0.29) is 12.5 Å². The Kier molecular flexibility index (Phi) is 48.8. The largest absolute Gasteiger partial charge is 0.394 e. The molecule has 7 unspecified atom stereocenters. The molecule has 0 spiro atoms. The number of aliphatic hydroxyl groups excluding tert-OH is 5. The Morgan fingerprint density at radius 1 is 0.465 bits per heavy atom. The predicted molar refractivity (Wildman–Crippen MR) is 299 cm³/mol. The molecule has 1 aliphatic rings. The van der Waals surface area contributed by atoms with Crippen LogP contribution in [0.5, 0.6) is 0 Å². The average Bonchev–Trinajstić information content (AvgIpc) is 3.37. The molecular weight excluding hydrogens is 887 g/mol. The van der Waals surface area contributed by atoms with Gasteiger partial charge >= 0.3 is 0 Å². The fourth-order valence-corrected chi connectivity index (χ4v) is 9.54. The summed E-state index contributed by atoms with van der Waals surface area (Å²) >= 11 is 0. The Morgan fingerprint density at radius 2 is 0.803 bits per heavy atom. The second kappa shape index (κ2) is 51.6. The number of allylic oxidation sites excluding steroid dienone is 7. The number of aliphatic hydroxyl groups is 5. The number of rotatable bonds is 52. The minimum Gasteiger partial charge on any atom is -0.394 e. The van der Waals surface area contributed by atoms with E-state index in [1.165, 1.54) is 218 Å². The van der Waals surface area contributed by atoms with E-state index in [2.05, 4.69) is 55.6 Å². The zero-order chi connectivity index (χ0) is 51.5. The minimum atomic E-state index is -1.58. The summed E-state index contributed by atoms with van der Waals surface area (Å²) in [5, 5.41) is 54.5. The first-order chi connectivity index (χ1) is 34.8. The quantitative estimate of drug-likeness (QED) is 0.0261. The number of hydrogen-bond acceptors (Lipinski definition) is 8. The van der Waals surface area contributed by atoms with Crippen molar-refractivity contribution in [1.82, 2.24) is 5.32 Å². The standard InChI is InChI=1S/C62H115NO8/c1-3-5-7-9-11-13-15-17-19-21-23-25-27-28-30-32-34-36-38-40-42-44-46-48-50-52-58(66)63-55(54-70-62-61(69)60(68)59(67)57(53-64)71-62)56(65)51-49-47-45-43-41-39-37-35-33-31-29-26-24-22-20-18-16-14-12-10-8-6-4-2/h21,23,33,35,41,43,49,51,55-57,59-62,64-65,67-69H,3-20,22,24-32,34,36-40,42,44-48,50,52-54H2,1-2H3,(H,63,66)/b23-21-,35-33+,43-41+,51-49+. The van der Waals surface area contributed by atoms with Crippen LogP contribution in [0.4, 0.5) is 0 Å². The van der Waals surface area contributed by atoms with Gasteiger partial charge in [-0.25, -0.2) is 0 Å². The normalized spacial score (nSPS) is 19.6. The molecule has 1 amide bonds. The topological polar surface area (TPSA) is 149 Å². The van der Waals surface area contributed by atoms with Crippen molar-refractivity contribution in [3.05, 3.63) is 48.6 Å². The van der Waals surface area contributed by atoms with Gasteiger partial charge in [-0.15, -0.1) is 0 Å². The minimum absolute atomic E-state index is 0.188. The first-order valence-corrected chi connectivity index (χ1v) is 30.4. The van der Waals surface area contributed by atoms with Gasteiger partial charge in [0.2, 0.25) is 5.91 Å². The van der Waals surface area contributed by atoms with Gasteiger partial charge in [0.1, 0.15) is 24.4 Å². The van der Waals surface area contributed by atoms with Gasteiger partial charge in [0.25, 0.3) is 0 Å². The second-order valence-electron chi connectivity index (χ2n) is 21.1. The van der Waals surface area contributed by atoms with Crippen LogP contribution in [0.2, 0.25) is 0 Å². The molecule has 7 atom stereocenters. The number of unbranched alkanes of at least 4 members (excludes halogenated alkanes) is 36. The molecular formula is C62H115NO8. The summed E-state index contributed by atoms with van der Waals surface area (Å²) in [5.41, 5.74) is 0. The Hall–Kier alpha value is -1.85. The van der Waals surface area contributed by atoms with Crippen molar-refractivity contribution in [1.29, 1.82) is 0 Å². The van der Waals surface area contributed by atoms with E-state index in [0.717, 1.165) is 44.9 Å². The molecule has 0 aliphatic carbocycles. The summed E-state index contributed by atoms with van der Waals surface area (Å²) in [6.45, 7) is 3.79. The number of nitrogens with one attached hydrogen (secondary N) is 1. The van der Waals surface area contributed by atoms with Gasteiger partial charge in [0.15, 0.2) is 6.29 Å². The SMILES string of the molecule is CCCCCCCCCC/C=C\CCCCCCCCCCCCCCCC(=O)NC(COC1OC(CO)C(O)C(O)C1O)C(O)/C=C/CC/C=C/CC/C=C/CCCCCCCCCCCCCCC. The molecule has 1 aliphatic heterocycles. The predicted octanol–water partition coefficient (Wildman–Crippen LogP) is 15.3. The number of amides is 1. The van der Waals surface area contributed by atoms with E-state index in [1.807, 2.05) is 6.08 Å². The summed E-state index contributed by atoms with van der Waals surface area (Å²) in [4.78, 5) is 13.1. The molecule has 1 saturated heterocycles. The van der Waals surface area contributed by atoms with Crippen molar-refractivity contribution >= 4 is 5.91 Å². The maximum atomic E-state index is 13.1. The Bertz CT molecular complexity index is 1250. The van der Waals surface area contributed by atoms with E-state index < -0.39 is 49.5 Å². The molecule has 0 aromatic rings. The van der Waals surface area contributed by atoms with Gasteiger partial charge in [0, 0.05) is 6.42 Å². The molecule has 1 rings (SSSR count). The number of carbonyl (C=O) groups excluding carboxylic acids is 1. The summed E-state index contributed by atoms with van der Waals surface area (Å²) < 4.78 is 11.3. The van der Waals surface area contributed by atoms with Gasteiger partial charge in [-0.3, -0.25) is 4.79 Å². The molecule has 0 bridgehead atoms. The summed E-state index contributed by atoms with van der Waals surface area (Å²) in [5.74, 6) is -0.188. The van der Waals surface area contributed by atoms with Crippen molar-refractivity contribution in [2.45, 2.75) is 326 Å². The maximum Gasteiger partial charge on any atom is 0.220 e. The highest BCUT2D eigenvalue weighted by Crippen LogP contribution is 2.23. The Labute approximate surface area is 437 Å². The Balaban J connectivity index is 2.24.